The van der Waals surface area contributed by atoms with E-state index in [4.69, 9.17) is 4.74 Å². The van der Waals surface area contributed by atoms with Crippen molar-refractivity contribution in [2.45, 2.75) is 51.6 Å². The molecule has 2 saturated heterocycles. The van der Waals surface area contributed by atoms with Crippen LogP contribution in [0.2, 0.25) is 0 Å². The van der Waals surface area contributed by atoms with Gasteiger partial charge < -0.3 is 10.1 Å². The zero-order chi connectivity index (χ0) is 18.8. The van der Waals surface area contributed by atoms with Crippen LogP contribution in [-0.2, 0) is 4.74 Å². The number of hydrogen-bond acceptors (Lipinski definition) is 3. The van der Waals surface area contributed by atoms with Gasteiger partial charge in [-0.2, -0.15) is 0 Å². The first-order valence-electron chi connectivity index (χ1n) is 9.95. The minimum absolute atomic E-state index is 0.358. The first-order valence-corrected chi connectivity index (χ1v) is 9.95. The second-order valence-electron chi connectivity index (χ2n) is 8.06. The molecule has 0 radical (unpaired) electrons. The van der Waals surface area contributed by atoms with Crippen LogP contribution >= 0.6 is 0 Å². The number of aryl methyl sites for hydroxylation is 2. The van der Waals surface area contributed by atoms with Crippen LogP contribution in [0.4, 0.5) is 10.5 Å². The SMILES string of the molecule is Cc1ccc(-c2cccc(C)c2NC(=O)OCC2CC3CCC(C2)N3)cc1. The van der Waals surface area contributed by atoms with Gasteiger partial charge in [0.25, 0.3) is 0 Å². The summed E-state index contributed by atoms with van der Waals surface area (Å²) in [6.45, 7) is 4.59. The van der Waals surface area contributed by atoms with Gasteiger partial charge in [-0.1, -0.05) is 48.0 Å². The minimum Gasteiger partial charge on any atom is -0.449 e. The third kappa shape index (κ3) is 4.16. The van der Waals surface area contributed by atoms with Gasteiger partial charge in [-0.05, 0) is 56.6 Å². The monoisotopic (exact) mass is 364 g/mol. The number of fused-ring (bicyclic) bond motifs is 2. The van der Waals surface area contributed by atoms with E-state index in [1.165, 1.54) is 18.4 Å². The molecule has 0 aliphatic carbocycles. The molecule has 4 nitrogen and oxygen atoms in total. The first-order chi connectivity index (χ1) is 13.1. The maximum absolute atomic E-state index is 12.5. The van der Waals surface area contributed by atoms with Crippen LogP contribution in [-0.4, -0.2) is 24.8 Å². The van der Waals surface area contributed by atoms with Crippen LogP contribution in [0, 0.1) is 19.8 Å². The number of carbonyl (C=O) groups is 1. The van der Waals surface area contributed by atoms with Crippen LogP contribution in [0.25, 0.3) is 11.1 Å². The number of amides is 1. The Balaban J connectivity index is 1.42. The molecule has 2 atom stereocenters. The van der Waals surface area contributed by atoms with Gasteiger partial charge in [0, 0.05) is 17.6 Å². The van der Waals surface area contributed by atoms with Crippen molar-refractivity contribution >= 4 is 11.8 Å². The van der Waals surface area contributed by atoms with Gasteiger partial charge in [0.15, 0.2) is 0 Å². The third-order valence-electron chi connectivity index (χ3n) is 5.88. The van der Waals surface area contributed by atoms with E-state index in [-0.39, 0.29) is 6.09 Å². The lowest BCUT2D eigenvalue weighted by Crippen LogP contribution is -2.39. The Hall–Kier alpha value is -2.33. The molecule has 4 heteroatoms. The van der Waals surface area contributed by atoms with Crippen LogP contribution in [0.5, 0.6) is 0 Å². The number of carbonyl (C=O) groups excluding carboxylic acids is 1. The van der Waals surface area contributed by atoms with Crippen molar-refractivity contribution in [3.8, 4) is 11.1 Å². The van der Waals surface area contributed by atoms with Crippen LogP contribution in [0.3, 0.4) is 0 Å². The summed E-state index contributed by atoms with van der Waals surface area (Å²) in [6.07, 6.45) is 4.39. The molecule has 2 aliphatic heterocycles. The molecule has 0 aromatic heterocycles. The normalized spacial score (nSPS) is 23.9. The Kier molecular flexibility index (Phi) is 5.17. The standard InChI is InChI=1S/C23H28N2O2/c1-15-6-8-18(9-7-15)21-5-3-4-16(2)22(21)25-23(26)27-14-17-12-19-10-11-20(13-17)24-19/h3-9,17,19-20,24H,10-14H2,1-2H3,(H,25,26). The molecular formula is C23H28N2O2. The van der Waals surface area contributed by atoms with E-state index in [1.54, 1.807) is 0 Å². The number of para-hydroxylation sites is 1. The zero-order valence-electron chi connectivity index (χ0n) is 16.1. The molecule has 2 aromatic rings. The van der Waals surface area contributed by atoms with Gasteiger partial charge in [0.2, 0.25) is 0 Å². The molecule has 142 valence electrons. The highest BCUT2D eigenvalue weighted by Crippen LogP contribution is 2.32. The highest BCUT2D eigenvalue weighted by molar-refractivity contribution is 5.93. The number of ether oxygens (including phenoxy) is 1. The fourth-order valence-corrected chi connectivity index (χ4v) is 4.45. The topological polar surface area (TPSA) is 50.4 Å². The first kappa shape index (κ1) is 18.1. The summed E-state index contributed by atoms with van der Waals surface area (Å²) in [6, 6.07) is 15.7. The Morgan fingerprint density at radius 1 is 1.07 bits per heavy atom. The van der Waals surface area contributed by atoms with Crippen molar-refractivity contribution in [2.75, 3.05) is 11.9 Å². The average Bonchev–Trinajstić information content (AvgIpc) is 3.00. The fraction of sp³-hybridized carbons (Fsp3) is 0.435. The maximum Gasteiger partial charge on any atom is 0.411 e. The molecule has 2 aromatic carbocycles. The molecule has 2 heterocycles. The van der Waals surface area contributed by atoms with Gasteiger partial charge in [-0.25, -0.2) is 4.79 Å². The van der Waals surface area contributed by atoms with E-state index < -0.39 is 0 Å². The molecular weight excluding hydrogens is 336 g/mol. The second-order valence-corrected chi connectivity index (χ2v) is 8.06. The summed E-state index contributed by atoms with van der Waals surface area (Å²) < 4.78 is 5.60. The summed E-state index contributed by atoms with van der Waals surface area (Å²) in [5.74, 6) is 0.475. The van der Waals surface area contributed by atoms with Crippen molar-refractivity contribution in [1.82, 2.24) is 5.32 Å². The average molecular weight is 364 g/mol. The number of hydrogen-bond donors (Lipinski definition) is 2. The van der Waals surface area contributed by atoms with E-state index in [1.807, 2.05) is 25.1 Å². The summed E-state index contributed by atoms with van der Waals surface area (Å²) in [5, 5.41) is 6.62. The van der Waals surface area contributed by atoms with Crippen molar-refractivity contribution in [3.63, 3.8) is 0 Å². The predicted octanol–water partition coefficient (Wildman–Crippen LogP) is 5.05. The predicted molar refractivity (Wildman–Crippen MR) is 109 cm³/mol. The van der Waals surface area contributed by atoms with E-state index in [2.05, 4.69) is 41.8 Å². The largest absolute Gasteiger partial charge is 0.449 e. The lowest BCUT2D eigenvalue weighted by molar-refractivity contribution is 0.122. The van der Waals surface area contributed by atoms with Gasteiger partial charge in [-0.3, -0.25) is 5.32 Å². The fourth-order valence-electron chi connectivity index (χ4n) is 4.45. The van der Waals surface area contributed by atoms with Gasteiger partial charge in [-0.15, -0.1) is 0 Å². The van der Waals surface area contributed by atoms with E-state index in [0.717, 1.165) is 35.2 Å². The number of anilines is 1. The quantitative estimate of drug-likeness (QED) is 0.798. The van der Waals surface area contributed by atoms with Gasteiger partial charge >= 0.3 is 6.09 Å². The summed E-state index contributed by atoms with van der Waals surface area (Å²) >= 11 is 0. The summed E-state index contributed by atoms with van der Waals surface area (Å²) in [7, 11) is 0. The molecule has 4 rings (SSSR count). The molecule has 2 aliphatic rings. The third-order valence-corrected chi connectivity index (χ3v) is 5.88. The zero-order valence-corrected chi connectivity index (χ0v) is 16.1. The number of benzene rings is 2. The second kappa shape index (κ2) is 7.73. The molecule has 0 spiro atoms. The molecule has 2 fully saturated rings. The van der Waals surface area contributed by atoms with Gasteiger partial charge in [0.1, 0.15) is 0 Å². The lowest BCUT2D eigenvalue weighted by atomic mass is 9.93. The van der Waals surface area contributed by atoms with Crippen molar-refractivity contribution in [3.05, 3.63) is 53.6 Å². The minimum atomic E-state index is -0.358. The van der Waals surface area contributed by atoms with E-state index in [0.29, 0.717) is 24.6 Å². The van der Waals surface area contributed by atoms with Crippen molar-refractivity contribution in [1.29, 1.82) is 0 Å². The molecule has 2 unspecified atom stereocenters. The maximum atomic E-state index is 12.5. The van der Waals surface area contributed by atoms with Crippen molar-refractivity contribution in [2.24, 2.45) is 5.92 Å². The summed E-state index contributed by atoms with van der Waals surface area (Å²) in [4.78, 5) is 12.5. The lowest BCUT2D eigenvalue weighted by Gasteiger charge is -2.28. The van der Waals surface area contributed by atoms with Crippen molar-refractivity contribution < 1.29 is 9.53 Å². The number of rotatable bonds is 4. The Bertz CT molecular complexity index is 804. The van der Waals surface area contributed by atoms with Crippen LogP contribution < -0.4 is 10.6 Å². The van der Waals surface area contributed by atoms with Crippen LogP contribution in [0.1, 0.15) is 36.8 Å². The summed E-state index contributed by atoms with van der Waals surface area (Å²) in [5.41, 5.74) is 5.19. The number of nitrogens with one attached hydrogen (secondary N) is 2. The van der Waals surface area contributed by atoms with Gasteiger partial charge in [0.05, 0.1) is 12.3 Å². The van der Waals surface area contributed by atoms with E-state index in [9.17, 15) is 4.79 Å². The Morgan fingerprint density at radius 3 is 2.48 bits per heavy atom. The number of piperidine rings is 1. The molecule has 2 bridgehead atoms. The molecule has 27 heavy (non-hydrogen) atoms. The molecule has 2 N–H and O–H groups in total. The molecule has 0 saturated carbocycles. The molecule has 1 amide bonds. The highest BCUT2D eigenvalue weighted by Gasteiger charge is 2.33. The smallest absolute Gasteiger partial charge is 0.411 e. The van der Waals surface area contributed by atoms with E-state index >= 15 is 0 Å². The Morgan fingerprint density at radius 2 is 1.78 bits per heavy atom. The highest BCUT2D eigenvalue weighted by atomic mass is 16.5. The Labute approximate surface area is 161 Å². The van der Waals surface area contributed by atoms with Crippen LogP contribution in [0.15, 0.2) is 42.5 Å².